The second-order valence-electron chi connectivity index (χ2n) is 6.23. The maximum absolute atomic E-state index is 13.7. The zero-order valence-corrected chi connectivity index (χ0v) is 13.9. The molecule has 1 aliphatic rings. The number of hydrogen-bond acceptors (Lipinski definition) is 6. The summed E-state index contributed by atoms with van der Waals surface area (Å²) in [7, 11) is 0. The van der Waals surface area contributed by atoms with Crippen molar-refractivity contribution in [1.82, 2.24) is 0 Å². The Bertz CT molecular complexity index is 723. The van der Waals surface area contributed by atoms with E-state index >= 15 is 0 Å². The van der Waals surface area contributed by atoms with Gasteiger partial charge in [-0.3, -0.25) is 0 Å². The number of aliphatic hydroxyl groups is 4. The fraction of sp³-hybridized carbons (Fsp3) is 0.368. The van der Waals surface area contributed by atoms with Crippen LogP contribution in [-0.4, -0.2) is 57.7 Å². The molecular formula is C19H21FO6. The highest BCUT2D eigenvalue weighted by Gasteiger charge is 2.44. The normalized spacial score (nSPS) is 28.7. The van der Waals surface area contributed by atoms with E-state index in [9.17, 15) is 24.8 Å². The molecule has 7 heteroatoms. The number of hydrogen-bond donors (Lipinski definition) is 4. The molecule has 6 nitrogen and oxygen atoms in total. The van der Waals surface area contributed by atoms with Crippen LogP contribution in [0, 0.1) is 5.82 Å². The lowest BCUT2D eigenvalue weighted by molar-refractivity contribution is -0.277. The van der Waals surface area contributed by atoms with Gasteiger partial charge < -0.3 is 29.9 Å². The van der Waals surface area contributed by atoms with Gasteiger partial charge in [-0.05, 0) is 23.8 Å². The first-order valence-corrected chi connectivity index (χ1v) is 8.29. The maximum atomic E-state index is 13.7. The Morgan fingerprint density at radius 3 is 2.38 bits per heavy atom. The first-order chi connectivity index (χ1) is 12.5. The van der Waals surface area contributed by atoms with Gasteiger partial charge in [0.15, 0.2) is 0 Å². The lowest BCUT2D eigenvalue weighted by Gasteiger charge is -2.39. The highest BCUT2D eigenvalue weighted by atomic mass is 19.1. The van der Waals surface area contributed by atoms with E-state index in [4.69, 9.17) is 9.47 Å². The summed E-state index contributed by atoms with van der Waals surface area (Å²) >= 11 is 0. The van der Waals surface area contributed by atoms with Crippen LogP contribution >= 0.6 is 0 Å². The third kappa shape index (κ3) is 4.03. The summed E-state index contributed by atoms with van der Waals surface area (Å²) in [4.78, 5) is 0. The third-order valence-corrected chi connectivity index (χ3v) is 4.35. The minimum Gasteiger partial charge on any atom is -0.462 e. The molecule has 0 radical (unpaired) electrons. The Morgan fingerprint density at radius 2 is 1.69 bits per heavy atom. The summed E-state index contributed by atoms with van der Waals surface area (Å²) in [6, 6.07) is 13.3. The highest BCUT2D eigenvalue weighted by molar-refractivity contribution is 5.38. The summed E-state index contributed by atoms with van der Waals surface area (Å²) in [6.45, 7) is -0.550. The molecule has 3 rings (SSSR count). The fourth-order valence-corrected chi connectivity index (χ4v) is 2.91. The number of aliphatic hydroxyl groups excluding tert-OH is 4. The first kappa shape index (κ1) is 18.8. The molecule has 5 atom stereocenters. The van der Waals surface area contributed by atoms with Gasteiger partial charge in [-0.2, -0.15) is 0 Å². The zero-order chi connectivity index (χ0) is 18.7. The van der Waals surface area contributed by atoms with Crippen molar-refractivity contribution < 1.29 is 34.3 Å². The predicted molar refractivity (Wildman–Crippen MR) is 90.0 cm³/mol. The SMILES string of the molecule is OC[C@H]1O[C@@H](Oc2ccc(F)cc2Cc2ccccc2)[C@H](O)[C@@H](O)[C@@H]1O. The van der Waals surface area contributed by atoms with Crippen LogP contribution in [0.3, 0.4) is 0 Å². The Labute approximate surface area is 150 Å². The van der Waals surface area contributed by atoms with Crippen LogP contribution in [0.15, 0.2) is 48.5 Å². The van der Waals surface area contributed by atoms with E-state index in [1.807, 2.05) is 30.3 Å². The molecule has 1 fully saturated rings. The summed E-state index contributed by atoms with van der Waals surface area (Å²) in [5, 5.41) is 39.0. The van der Waals surface area contributed by atoms with Crippen molar-refractivity contribution in [2.45, 2.75) is 37.1 Å². The van der Waals surface area contributed by atoms with E-state index in [2.05, 4.69) is 0 Å². The molecule has 0 aliphatic carbocycles. The van der Waals surface area contributed by atoms with Crippen LogP contribution in [0.25, 0.3) is 0 Å². The molecule has 0 unspecified atom stereocenters. The van der Waals surface area contributed by atoms with Gasteiger partial charge in [0.2, 0.25) is 6.29 Å². The quantitative estimate of drug-likeness (QED) is 0.620. The predicted octanol–water partition coefficient (Wildman–Crippen LogP) is 0.595. The van der Waals surface area contributed by atoms with Crippen LogP contribution in [0.5, 0.6) is 5.75 Å². The standard InChI is InChI=1S/C19H21FO6/c20-13-6-7-14(12(9-13)8-11-4-2-1-3-5-11)25-19-18(24)17(23)16(22)15(10-21)26-19/h1-7,9,15-19,21-24H,8,10H2/t15-,16-,17+,18-,19-/m1/s1. The molecule has 1 saturated heterocycles. The monoisotopic (exact) mass is 364 g/mol. The van der Waals surface area contributed by atoms with Crippen LogP contribution in [0.1, 0.15) is 11.1 Å². The van der Waals surface area contributed by atoms with Crippen molar-refractivity contribution in [2.24, 2.45) is 0 Å². The second-order valence-corrected chi connectivity index (χ2v) is 6.23. The molecule has 4 N–H and O–H groups in total. The van der Waals surface area contributed by atoms with Gasteiger partial charge in [-0.1, -0.05) is 30.3 Å². The summed E-state index contributed by atoms with van der Waals surface area (Å²) < 4.78 is 24.7. The van der Waals surface area contributed by atoms with Gasteiger partial charge >= 0.3 is 0 Å². The van der Waals surface area contributed by atoms with Crippen LogP contribution in [0.4, 0.5) is 4.39 Å². The average molecular weight is 364 g/mol. The van der Waals surface area contributed by atoms with Gasteiger partial charge in [0, 0.05) is 12.0 Å². The molecule has 0 aromatic heterocycles. The van der Waals surface area contributed by atoms with Gasteiger partial charge in [-0.25, -0.2) is 4.39 Å². The molecular weight excluding hydrogens is 343 g/mol. The average Bonchev–Trinajstić information content (AvgIpc) is 2.65. The molecule has 2 aromatic carbocycles. The van der Waals surface area contributed by atoms with E-state index in [1.165, 1.54) is 18.2 Å². The fourth-order valence-electron chi connectivity index (χ4n) is 2.91. The molecule has 0 saturated carbocycles. The molecule has 1 heterocycles. The summed E-state index contributed by atoms with van der Waals surface area (Å²) in [5.41, 5.74) is 1.48. The molecule has 0 bridgehead atoms. The zero-order valence-electron chi connectivity index (χ0n) is 13.9. The molecule has 140 valence electrons. The van der Waals surface area contributed by atoms with Crippen molar-refractivity contribution in [2.75, 3.05) is 6.61 Å². The Balaban J connectivity index is 1.83. The topological polar surface area (TPSA) is 99.4 Å². The molecule has 0 amide bonds. The largest absolute Gasteiger partial charge is 0.462 e. The van der Waals surface area contributed by atoms with E-state index in [0.717, 1.165) is 5.56 Å². The van der Waals surface area contributed by atoms with Gasteiger partial charge in [0.05, 0.1) is 6.61 Å². The van der Waals surface area contributed by atoms with E-state index in [1.54, 1.807) is 0 Å². The number of ether oxygens (including phenoxy) is 2. The highest BCUT2D eigenvalue weighted by Crippen LogP contribution is 2.28. The van der Waals surface area contributed by atoms with Crippen LogP contribution in [-0.2, 0) is 11.2 Å². The lowest BCUT2D eigenvalue weighted by atomic mass is 9.99. The Hall–Kier alpha value is -2.03. The molecule has 0 spiro atoms. The van der Waals surface area contributed by atoms with Gasteiger partial charge in [-0.15, -0.1) is 0 Å². The molecule has 26 heavy (non-hydrogen) atoms. The second kappa shape index (κ2) is 8.11. The van der Waals surface area contributed by atoms with E-state index in [-0.39, 0.29) is 5.75 Å². The minimum atomic E-state index is -1.54. The van der Waals surface area contributed by atoms with Crippen molar-refractivity contribution >= 4 is 0 Å². The third-order valence-electron chi connectivity index (χ3n) is 4.35. The van der Waals surface area contributed by atoms with Crippen molar-refractivity contribution in [3.63, 3.8) is 0 Å². The summed E-state index contributed by atoms with van der Waals surface area (Å²) in [6.07, 6.45) is -6.52. The Morgan fingerprint density at radius 1 is 0.962 bits per heavy atom. The van der Waals surface area contributed by atoms with Crippen molar-refractivity contribution in [3.05, 3.63) is 65.5 Å². The number of benzene rings is 2. The van der Waals surface area contributed by atoms with Gasteiger partial charge in [0.25, 0.3) is 0 Å². The number of rotatable bonds is 5. The van der Waals surface area contributed by atoms with Crippen molar-refractivity contribution in [1.29, 1.82) is 0 Å². The lowest BCUT2D eigenvalue weighted by Crippen LogP contribution is -2.60. The van der Waals surface area contributed by atoms with Crippen LogP contribution < -0.4 is 4.74 Å². The van der Waals surface area contributed by atoms with Crippen molar-refractivity contribution in [3.8, 4) is 5.75 Å². The minimum absolute atomic E-state index is 0.277. The first-order valence-electron chi connectivity index (χ1n) is 8.29. The van der Waals surface area contributed by atoms with Crippen LogP contribution in [0.2, 0.25) is 0 Å². The smallest absolute Gasteiger partial charge is 0.229 e. The van der Waals surface area contributed by atoms with E-state index in [0.29, 0.717) is 12.0 Å². The molecule has 1 aliphatic heterocycles. The maximum Gasteiger partial charge on any atom is 0.229 e. The molecule has 2 aromatic rings. The summed E-state index contributed by atoms with van der Waals surface area (Å²) in [5.74, 6) is -0.156. The number of halogens is 1. The van der Waals surface area contributed by atoms with E-state index < -0.39 is 43.1 Å². The Kier molecular flexibility index (Phi) is 5.85. The van der Waals surface area contributed by atoms with Gasteiger partial charge in [0.1, 0.15) is 36.0 Å².